The molecule has 4 heteroatoms. The molecule has 0 aliphatic heterocycles. The van der Waals surface area contributed by atoms with E-state index in [2.05, 4.69) is 6.92 Å². The van der Waals surface area contributed by atoms with Crippen LogP contribution in [0.4, 0.5) is 0 Å². The highest BCUT2D eigenvalue weighted by molar-refractivity contribution is 7.16. The van der Waals surface area contributed by atoms with Crippen LogP contribution < -0.4 is 0 Å². The normalized spacial score (nSPS) is 9.76. The molecular formula is C17H28O3S. The molecule has 0 amide bonds. The molecule has 3 nitrogen and oxygen atoms in total. The number of thiophene rings is 1. The number of carbonyl (C=O) groups is 2. The Balaban J connectivity index is 0.00000191. The molecule has 0 radical (unpaired) electrons. The molecule has 0 atom stereocenters. The number of hydrogen-bond donors (Lipinski definition) is 0. The van der Waals surface area contributed by atoms with Crippen LogP contribution in [0.1, 0.15) is 84.2 Å². The predicted molar refractivity (Wildman–Crippen MR) is 89.5 cm³/mol. The van der Waals surface area contributed by atoms with Crippen molar-refractivity contribution in [1.82, 2.24) is 0 Å². The van der Waals surface area contributed by atoms with Gasteiger partial charge in [-0.1, -0.05) is 46.5 Å². The molecule has 0 aromatic carbocycles. The fourth-order valence-electron chi connectivity index (χ4n) is 1.93. The smallest absolute Gasteiger partial charge is 0.348 e. The third-order valence-corrected chi connectivity index (χ3v) is 4.33. The molecule has 21 heavy (non-hydrogen) atoms. The standard InChI is InChI=1S/C15H22O3S.C2H6/c1-4-5-6-7-8-9-12(16)13-10-11(2)14(19-13)15(17)18-3;1-2/h10H,4-9H2,1-3H3;1-2H3. The van der Waals surface area contributed by atoms with Gasteiger partial charge in [-0.05, 0) is 25.0 Å². The highest BCUT2D eigenvalue weighted by Gasteiger charge is 2.17. The molecular weight excluding hydrogens is 284 g/mol. The largest absolute Gasteiger partial charge is 0.465 e. The average Bonchev–Trinajstić information content (AvgIpc) is 2.90. The summed E-state index contributed by atoms with van der Waals surface area (Å²) in [5, 5.41) is 0. The Hall–Kier alpha value is -1.16. The Morgan fingerprint density at radius 1 is 1.14 bits per heavy atom. The van der Waals surface area contributed by atoms with Gasteiger partial charge >= 0.3 is 5.97 Å². The van der Waals surface area contributed by atoms with Crippen molar-refractivity contribution in [2.45, 2.75) is 66.2 Å². The first-order chi connectivity index (χ1) is 10.1. The number of Topliss-reactive ketones (excluding diaryl/α,β-unsaturated/α-hetero) is 1. The van der Waals surface area contributed by atoms with Gasteiger partial charge in [-0.25, -0.2) is 4.79 Å². The summed E-state index contributed by atoms with van der Waals surface area (Å²) < 4.78 is 4.70. The Labute approximate surface area is 132 Å². The molecule has 0 bridgehead atoms. The van der Waals surface area contributed by atoms with E-state index < -0.39 is 0 Å². The van der Waals surface area contributed by atoms with Crippen molar-refractivity contribution in [3.05, 3.63) is 21.4 Å². The van der Waals surface area contributed by atoms with Crippen molar-refractivity contribution in [2.75, 3.05) is 7.11 Å². The summed E-state index contributed by atoms with van der Waals surface area (Å²) in [6.07, 6.45) is 6.25. The van der Waals surface area contributed by atoms with Gasteiger partial charge in [0, 0.05) is 6.42 Å². The van der Waals surface area contributed by atoms with Crippen LogP contribution in [0, 0.1) is 6.92 Å². The molecule has 0 saturated carbocycles. The van der Waals surface area contributed by atoms with Crippen LogP contribution in [0.25, 0.3) is 0 Å². The predicted octanol–water partition coefficient (Wildman–Crippen LogP) is 5.41. The van der Waals surface area contributed by atoms with Crippen molar-refractivity contribution < 1.29 is 14.3 Å². The molecule has 0 fully saturated rings. The van der Waals surface area contributed by atoms with Gasteiger partial charge in [-0.15, -0.1) is 11.3 Å². The molecule has 1 heterocycles. The fraction of sp³-hybridized carbons (Fsp3) is 0.647. The number of carbonyl (C=O) groups excluding carboxylic acids is 2. The first-order valence-corrected chi connectivity index (χ1v) is 8.63. The minimum atomic E-state index is -0.357. The number of aryl methyl sites for hydroxylation is 1. The maximum absolute atomic E-state index is 12.0. The zero-order valence-corrected chi connectivity index (χ0v) is 14.8. The Kier molecular flexibility index (Phi) is 10.9. The minimum absolute atomic E-state index is 0.139. The zero-order chi connectivity index (χ0) is 16.3. The van der Waals surface area contributed by atoms with Crippen molar-refractivity contribution in [2.24, 2.45) is 0 Å². The summed E-state index contributed by atoms with van der Waals surface area (Å²) in [6, 6.07) is 1.80. The van der Waals surface area contributed by atoms with Crippen LogP contribution in [-0.2, 0) is 4.74 Å². The summed E-state index contributed by atoms with van der Waals surface area (Å²) in [7, 11) is 1.36. The highest BCUT2D eigenvalue weighted by Crippen LogP contribution is 2.24. The summed E-state index contributed by atoms with van der Waals surface area (Å²) in [5.41, 5.74) is 0.825. The molecule has 1 aromatic heterocycles. The lowest BCUT2D eigenvalue weighted by Gasteiger charge is -1.98. The zero-order valence-electron chi connectivity index (χ0n) is 14.0. The summed E-state index contributed by atoms with van der Waals surface area (Å²) in [4.78, 5) is 24.7. The van der Waals surface area contributed by atoms with Gasteiger partial charge in [-0.3, -0.25) is 4.79 Å². The molecule has 120 valence electrons. The minimum Gasteiger partial charge on any atom is -0.465 e. The molecule has 1 aromatic rings. The number of ether oxygens (including phenoxy) is 1. The number of ketones is 1. The van der Waals surface area contributed by atoms with Crippen molar-refractivity contribution in [3.63, 3.8) is 0 Å². The molecule has 0 aliphatic rings. The monoisotopic (exact) mass is 312 g/mol. The first-order valence-electron chi connectivity index (χ1n) is 7.82. The van der Waals surface area contributed by atoms with E-state index >= 15 is 0 Å². The van der Waals surface area contributed by atoms with E-state index in [4.69, 9.17) is 4.74 Å². The highest BCUT2D eigenvalue weighted by atomic mass is 32.1. The molecule has 1 rings (SSSR count). The van der Waals surface area contributed by atoms with E-state index in [1.807, 2.05) is 20.8 Å². The lowest BCUT2D eigenvalue weighted by molar-refractivity contribution is 0.0605. The molecule has 0 spiro atoms. The van der Waals surface area contributed by atoms with Crippen molar-refractivity contribution in [1.29, 1.82) is 0 Å². The van der Waals surface area contributed by atoms with Gasteiger partial charge in [-0.2, -0.15) is 0 Å². The SMILES string of the molecule is CC.CCCCCCCC(=O)c1cc(C)c(C(=O)OC)s1. The third kappa shape index (κ3) is 6.89. The van der Waals surface area contributed by atoms with E-state index in [-0.39, 0.29) is 11.8 Å². The lowest BCUT2D eigenvalue weighted by atomic mass is 10.1. The topological polar surface area (TPSA) is 43.4 Å². The van der Waals surface area contributed by atoms with Crippen LogP contribution in [0.2, 0.25) is 0 Å². The van der Waals surface area contributed by atoms with Gasteiger partial charge in [0.25, 0.3) is 0 Å². The third-order valence-electron chi connectivity index (χ3n) is 3.07. The van der Waals surface area contributed by atoms with Crippen LogP contribution >= 0.6 is 11.3 Å². The number of unbranched alkanes of at least 4 members (excludes halogenated alkanes) is 4. The molecule has 0 aliphatic carbocycles. The van der Waals surface area contributed by atoms with Crippen LogP contribution in [0.15, 0.2) is 6.07 Å². The quantitative estimate of drug-likeness (QED) is 0.366. The molecule has 0 N–H and O–H groups in total. The Morgan fingerprint density at radius 3 is 2.33 bits per heavy atom. The van der Waals surface area contributed by atoms with Gasteiger partial charge in [0.1, 0.15) is 4.88 Å². The van der Waals surface area contributed by atoms with Gasteiger partial charge in [0.2, 0.25) is 0 Å². The summed E-state index contributed by atoms with van der Waals surface area (Å²) in [5.74, 6) is -0.218. The van der Waals surface area contributed by atoms with E-state index in [9.17, 15) is 9.59 Å². The van der Waals surface area contributed by atoms with Crippen LogP contribution in [-0.4, -0.2) is 18.9 Å². The Morgan fingerprint density at radius 2 is 1.76 bits per heavy atom. The number of hydrogen-bond acceptors (Lipinski definition) is 4. The summed E-state index contributed by atoms with van der Waals surface area (Å²) >= 11 is 1.24. The average molecular weight is 312 g/mol. The van der Waals surface area contributed by atoms with E-state index in [1.165, 1.54) is 37.7 Å². The molecule has 0 saturated heterocycles. The van der Waals surface area contributed by atoms with Crippen molar-refractivity contribution in [3.8, 4) is 0 Å². The summed E-state index contributed by atoms with van der Waals surface area (Å²) in [6.45, 7) is 8.01. The van der Waals surface area contributed by atoms with Gasteiger partial charge in [0.15, 0.2) is 5.78 Å². The number of methoxy groups -OCH3 is 1. The van der Waals surface area contributed by atoms with E-state index in [0.29, 0.717) is 16.2 Å². The second kappa shape index (κ2) is 11.5. The lowest BCUT2D eigenvalue weighted by Crippen LogP contribution is -1.99. The Bertz CT molecular complexity index is 435. The maximum Gasteiger partial charge on any atom is 0.348 e. The van der Waals surface area contributed by atoms with Crippen molar-refractivity contribution >= 4 is 23.1 Å². The van der Waals surface area contributed by atoms with E-state index in [0.717, 1.165) is 18.4 Å². The first kappa shape index (κ1) is 19.8. The van der Waals surface area contributed by atoms with Gasteiger partial charge < -0.3 is 4.74 Å². The van der Waals surface area contributed by atoms with Gasteiger partial charge in [0.05, 0.1) is 12.0 Å². The van der Waals surface area contributed by atoms with Crippen LogP contribution in [0.5, 0.6) is 0 Å². The number of esters is 1. The second-order valence-electron chi connectivity index (χ2n) is 4.70. The maximum atomic E-state index is 12.0. The second-order valence-corrected chi connectivity index (χ2v) is 5.75. The number of rotatable bonds is 8. The fourth-order valence-corrected chi connectivity index (χ4v) is 2.99. The van der Waals surface area contributed by atoms with E-state index in [1.54, 1.807) is 6.07 Å². The molecule has 0 unspecified atom stereocenters. The van der Waals surface area contributed by atoms with Crippen LogP contribution in [0.3, 0.4) is 0 Å².